The first-order chi connectivity index (χ1) is 7.24. The second kappa shape index (κ2) is 4.20. The third-order valence-electron chi connectivity index (χ3n) is 2.42. The van der Waals surface area contributed by atoms with Crippen LogP contribution in [-0.4, -0.2) is 11.1 Å². The highest BCUT2D eigenvalue weighted by Gasteiger charge is 2.37. The minimum absolute atomic E-state index is 0.166. The number of rotatable bonds is 3. The molecule has 0 spiro atoms. The molecule has 16 heavy (non-hydrogen) atoms. The molecule has 0 fully saturated rings. The van der Waals surface area contributed by atoms with E-state index in [0.29, 0.717) is 11.1 Å². The normalized spacial score (nSPS) is 11.6. The first kappa shape index (κ1) is 12.6. The van der Waals surface area contributed by atoms with E-state index in [9.17, 15) is 13.6 Å². The van der Waals surface area contributed by atoms with E-state index < -0.39 is 18.3 Å². The molecule has 1 aromatic rings. The van der Waals surface area contributed by atoms with Crippen LogP contribution in [0.15, 0.2) is 12.1 Å². The second-order valence-electron chi connectivity index (χ2n) is 4.05. The zero-order valence-corrected chi connectivity index (χ0v) is 9.47. The van der Waals surface area contributed by atoms with Crippen LogP contribution < -0.4 is 0 Å². The summed E-state index contributed by atoms with van der Waals surface area (Å²) in [7, 11) is 0. The van der Waals surface area contributed by atoms with Gasteiger partial charge in [-0.15, -0.1) is 0 Å². The fraction of sp³-hybridized carbons (Fsp3) is 0.417. The zero-order valence-electron chi connectivity index (χ0n) is 9.47. The lowest BCUT2D eigenvalue weighted by atomic mass is 9.93. The molecule has 0 saturated carbocycles. The Hall–Kier alpha value is -1.45. The molecule has 0 atom stereocenters. The average Bonchev–Trinajstić information content (AvgIpc) is 1.96. The van der Waals surface area contributed by atoms with Crippen LogP contribution >= 0.6 is 0 Å². The summed E-state index contributed by atoms with van der Waals surface area (Å²) in [6.45, 7) is 4.97. The predicted molar refractivity (Wildman–Crippen MR) is 56.8 cm³/mol. The van der Waals surface area contributed by atoms with Gasteiger partial charge in [0.1, 0.15) is 6.42 Å². The molecule has 0 aliphatic rings. The average molecular weight is 228 g/mol. The summed E-state index contributed by atoms with van der Waals surface area (Å²) >= 11 is 0. The van der Waals surface area contributed by atoms with Gasteiger partial charge in [-0.25, -0.2) is 8.78 Å². The van der Waals surface area contributed by atoms with Crippen molar-refractivity contribution in [2.75, 3.05) is 0 Å². The number of carbonyl (C=O) groups is 1. The van der Waals surface area contributed by atoms with Crippen LogP contribution in [0.5, 0.6) is 0 Å². The maximum Gasteiger partial charge on any atom is 0.309 e. The highest BCUT2D eigenvalue weighted by molar-refractivity contribution is 5.68. The van der Waals surface area contributed by atoms with E-state index >= 15 is 0 Å². The van der Waals surface area contributed by atoms with Crippen molar-refractivity contribution >= 4 is 5.97 Å². The summed E-state index contributed by atoms with van der Waals surface area (Å²) in [6.07, 6.45) is -1.17. The third-order valence-corrected chi connectivity index (χ3v) is 2.42. The molecule has 1 N–H and O–H groups in total. The van der Waals surface area contributed by atoms with Gasteiger partial charge < -0.3 is 5.11 Å². The van der Waals surface area contributed by atoms with Crippen LogP contribution in [0, 0.1) is 20.8 Å². The molecule has 0 aliphatic carbocycles. The minimum Gasteiger partial charge on any atom is -0.481 e. The van der Waals surface area contributed by atoms with Crippen LogP contribution in [-0.2, 0) is 10.7 Å². The van der Waals surface area contributed by atoms with E-state index in [-0.39, 0.29) is 5.56 Å². The smallest absolute Gasteiger partial charge is 0.309 e. The van der Waals surface area contributed by atoms with Crippen LogP contribution in [0.4, 0.5) is 8.78 Å². The van der Waals surface area contributed by atoms with Gasteiger partial charge in [-0.3, -0.25) is 4.79 Å². The molecule has 1 aromatic carbocycles. The molecule has 0 aliphatic heterocycles. The highest BCUT2D eigenvalue weighted by atomic mass is 19.3. The van der Waals surface area contributed by atoms with Gasteiger partial charge in [-0.1, -0.05) is 17.7 Å². The Labute approximate surface area is 92.9 Å². The summed E-state index contributed by atoms with van der Waals surface area (Å²) < 4.78 is 27.4. The van der Waals surface area contributed by atoms with E-state index in [2.05, 4.69) is 0 Å². The first-order valence-electron chi connectivity index (χ1n) is 4.92. The van der Waals surface area contributed by atoms with Crippen molar-refractivity contribution in [2.45, 2.75) is 33.1 Å². The number of aliphatic carboxylic acids is 1. The highest BCUT2D eigenvalue weighted by Crippen LogP contribution is 2.36. The van der Waals surface area contributed by atoms with Crippen LogP contribution in [0.25, 0.3) is 0 Å². The Morgan fingerprint density at radius 2 is 1.69 bits per heavy atom. The molecular weight excluding hydrogens is 214 g/mol. The van der Waals surface area contributed by atoms with Gasteiger partial charge in [-0.2, -0.15) is 0 Å². The molecule has 4 heteroatoms. The lowest BCUT2D eigenvalue weighted by Crippen LogP contribution is -2.21. The Kier molecular flexibility index (Phi) is 3.31. The van der Waals surface area contributed by atoms with E-state index in [0.717, 1.165) is 5.56 Å². The molecule has 0 radical (unpaired) electrons. The standard InChI is InChI=1S/C12H14F2O2/c1-7-4-8(2)11(9(3)5-7)12(13,14)6-10(15)16/h4-5H,6H2,1-3H3,(H,15,16). The lowest BCUT2D eigenvalue weighted by Gasteiger charge is -2.20. The molecule has 0 amide bonds. The largest absolute Gasteiger partial charge is 0.481 e. The maximum atomic E-state index is 13.7. The van der Waals surface area contributed by atoms with Gasteiger partial charge in [0.05, 0.1) is 0 Å². The first-order valence-corrected chi connectivity index (χ1v) is 4.92. The van der Waals surface area contributed by atoms with Crippen molar-refractivity contribution in [1.29, 1.82) is 0 Å². The van der Waals surface area contributed by atoms with Crippen LogP contribution in [0.2, 0.25) is 0 Å². The lowest BCUT2D eigenvalue weighted by molar-refractivity contribution is -0.145. The van der Waals surface area contributed by atoms with Gasteiger partial charge in [0.15, 0.2) is 0 Å². The zero-order chi connectivity index (χ0) is 12.5. The number of benzene rings is 1. The van der Waals surface area contributed by atoms with Crippen LogP contribution in [0.3, 0.4) is 0 Å². The Morgan fingerprint density at radius 3 is 2.06 bits per heavy atom. The van der Waals surface area contributed by atoms with Crippen molar-refractivity contribution in [3.8, 4) is 0 Å². The number of hydrogen-bond acceptors (Lipinski definition) is 1. The quantitative estimate of drug-likeness (QED) is 0.862. The minimum atomic E-state index is -3.31. The Balaban J connectivity index is 3.27. The monoisotopic (exact) mass is 228 g/mol. The van der Waals surface area contributed by atoms with Gasteiger partial charge in [0.25, 0.3) is 5.92 Å². The van der Waals surface area contributed by atoms with Crippen molar-refractivity contribution in [3.05, 3.63) is 34.4 Å². The van der Waals surface area contributed by atoms with Crippen molar-refractivity contribution in [3.63, 3.8) is 0 Å². The number of carboxylic acid groups (broad SMARTS) is 1. The van der Waals surface area contributed by atoms with E-state index in [1.54, 1.807) is 26.0 Å². The number of carboxylic acids is 1. The summed E-state index contributed by atoms with van der Waals surface area (Å²) in [5, 5.41) is 8.47. The molecular formula is C12H14F2O2. The number of aryl methyl sites for hydroxylation is 3. The molecule has 0 bridgehead atoms. The Bertz CT molecular complexity index is 402. The fourth-order valence-electron chi connectivity index (χ4n) is 2.04. The SMILES string of the molecule is Cc1cc(C)c(C(F)(F)CC(=O)O)c(C)c1. The van der Waals surface area contributed by atoms with Gasteiger partial charge >= 0.3 is 5.97 Å². The molecule has 0 aromatic heterocycles. The summed E-state index contributed by atoms with van der Waals surface area (Å²) in [5.74, 6) is -4.81. The molecule has 0 heterocycles. The van der Waals surface area contributed by atoms with Crippen molar-refractivity contribution in [1.82, 2.24) is 0 Å². The summed E-state index contributed by atoms with van der Waals surface area (Å²) in [4.78, 5) is 10.4. The van der Waals surface area contributed by atoms with Gasteiger partial charge in [0, 0.05) is 5.56 Å². The molecule has 88 valence electrons. The van der Waals surface area contributed by atoms with E-state index in [1.165, 1.54) is 0 Å². The molecule has 0 saturated heterocycles. The van der Waals surface area contributed by atoms with Crippen LogP contribution in [0.1, 0.15) is 28.7 Å². The topological polar surface area (TPSA) is 37.3 Å². The summed E-state index contributed by atoms with van der Waals surface area (Å²) in [5.41, 5.74) is 1.60. The molecule has 1 rings (SSSR count). The number of hydrogen-bond donors (Lipinski definition) is 1. The van der Waals surface area contributed by atoms with E-state index in [1.807, 2.05) is 6.92 Å². The second-order valence-corrected chi connectivity index (χ2v) is 4.05. The van der Waals surface area contributed by atoms with Crippen molar-refractivity contribution < 1.29 is 18.7 Å². The third kappa shape index (κ3) is 2.56. The fourth-order valence-corrected chi connectivity index (χ4v) is 2.04. The van der Waals surface area contributed by atoms with Gasteiger partial charge in [-0.05, 0) is 31.9 Å². The van der Waals surface area contributed by atoms with E-state index in [4.69, 9.17) is 5.11 Å². The van der Waals surface area contributed by atoms with Crippen molar-refractivity contribution in [2.24, 2.45) is 0 Å². The predicted octanol–water partition coefficient (Wildman–Crippen LogP) is 3.18. The summed E-state index contributed by atoms with van der Waals surface area (Å²) in [6, 6.07) is 3.27. The number of alkyl halides is 2. The molecule has 0 unspecified atom stereocenters. The Morgan fingerprint density at radius 1 is 1.25 bits per heavy atom. The molecule has 2 nitrogen and oxygen atoms in total. The maximum absolute atomic E-state index is 13.7. The van der Waals surface area contributed by atoms with Gasteiger partial charge in [0.2, 0.25) is 0 Å². The number of halogens is 2.